The lowest BCUT2D eigenvalue weighted by atomic mass is 10.1. The first-order chi connectivity index (χ1) is 4.22. The first-order valence-corrected chi connectivity index (χ1v) is 3.74. The third kappa shape index (κ3) is 3.48. The molecular weight excluding hydrogens is 188 g/mol. The molecule has 1 atom stereocenters. The number of halogens is 1. The summed E-state index contributed by atoms with van der Waals surface area (Å²) in [5.41, 5.74) is 0. The van der Waals surface area contributed by atoms with Crippen LogP contribution in [0, 0.1) is 5.92 Å². The van der Waals surface area contributed by atoms with Crippen molar-refractivity contribution in [3.63, 3.8) is 0 Å². The van der Waals surface area contributed by atoms with E-state index in [0.717, 1.165) is 0 Å². The van der Waals surface area contributed by atoms with Gasteiger partial charge in [0.1, 0.15) is 0 Å². The molecule has 0 aliphatic rings. The number of aliphatic hydroxyl groups excluding tert-OH is 1. The van der Waals surface area contributed by atoms with Crippen molar-refractivity contribution in [2.75, 3.05) is 11.9 Å². The van der Waals surface area contributed by atoms with Crippen LogP contribution in [0.1, 0.15) is 6.42 Å². The Morgan fingerprint density at radius 1 is 1.67 bits per heavy atom. The predicted octanol–water partition coefficient (Wildman–Crippen LogP) is 0.464. The molecule has 0 saturated heterocycles. The quantitative estimate of drug-likeness (QED) is 0.643. The largest absolute Gasteiger partial charge is 0.481 e. The number of hydrogen-bond acceptors (Lipinski definition) is 2. The molecule has 0 radical (unpaired) electrons. The van der Waals surface area contributed by atoms with Gasteiger partial charge in [-0.15, -0.1) is 0 Å². The summed E-state index contributed by atoms with van der Waals surface area (Å²) in [5, 5.41) is 17.4. The highest BCUT2D eigenvalue weighted by Crippen LogP contribution is 2.03. The van der Waals surface area contributed by atoms with Gasteiger partial charge in [0.25, 0.3) is 0 Å². The Bertz CT molecular complexity index is 94.2. The van der Waals surface area contributed by atoms with E-state index in [1.807, 2.05) is 0 Å². The molecule has 0 aromatic heterocycles. The van der Waals surface area contributed by atoms with Crippen molar-refractivity contribution < 1.29 is 15.0 Å². The minimum atomic E-state index is -0.933. The van der Waals surface area contributed by atoms with Crippen molar-refractivity contribution in [3.05, 3.63) is 0 Å². The van der Waals surface area contributed by atoms with Crippen LogP contribution in [0.4, 0.5) is 0 Å². The van der Waals surface area contributed by atoms with Crippen molar-refractivity contribution in [2.45, 2.75) is 6.42 Å². The summed E-state index contributed by atoms with van der Waals surface area (Å²) in [6.07, 6.45) is 0.478. The van der Waals surface area contributed by atoms with E-state index in [0.29, 0.717) is 11.8 Å². The average Bonchev–Trinajstić information content (AvgIpc) is 1.82. The first kappa shape index (κ1) is 8.91. The third-order valence-electron chi connectivity index (χ3n) is 1.03. The van der Waals surface area contributed by atoms with Crippen molar-refractivity contribution in [2.24, 2.45) is 5.92 Å². The molecule has 9 heavy (non-hydrogen) atoms. The van der Waals surface area contributed by atoms with E-state index < -0.39 is 11.9 Å². The van der Waals surface area contributed by atoms with E-state index in [1.165, 1.54) is 0 Å². The number of aliphatic hydroxyl groups is 1. The van der Waals surface area contributed by atoms with E-state index >= 15 is 0 Å². The highest BCUT2D eigenvalue weighted by Gasteiger charge is 2.13. The van der Waals surface area contributed by atoms with Crippen molar-refractivity contribution in [3.8, 4) is 0 Å². The lowest BCUT2D eigenvalue weighted by Crippen LogP contribution is -2.17. The van der Waals surface area contributed by atoms with Crippen LogP contribution in [0.5, 0.6) is 0 Å². The molecule has 54 valence electrons. The summed E-state index contributed by atoms with van der Waals surface area (Å²) in [7, 11) is 0. The van der Waals surface area contributed by atoms with Crippen molar-refractivity contribution in [1.82, 2.24) is 0 Å². The molecular formula is C5H9BrO3. The average molecular weight is 197 g/mol. The van der Waals surface area contributed by atoms with Gasteiger partial charge in [-0.05, 0) is 6.42 Å². The summed E-state index contributed by atoms with van der Waals surface area (Å²) < 4.78 is 0. The van der Waals surface area contributed by atoms with Crippen LogP contribution in [-0.4, -0.2) is 28.1 Å². The summed E-state index contributed by atoms with van der Waals surface area (Å²) >= 11 is 3.08. The van der Waals surface area contributed by atoms with E-state index in [1.54, 1.807) is 0 Å². The molecule has 0 aliphatic carbocycles. The van der Waals surface area contributed by atoms with Gasteiger partial charge in [-0.25, -0.2) is 0 Å². The monoisotopic (exact) mass is 196 g/mol. The molecule has 0 aliphatic heterocycles. The van der Waals surface area contributed by atoms with Gasteiger partial charge in [-0.1, -0.05) is 15.9 Å². The first-order valence-electron chi connectivity index (χ1n) is 2.62. The summed E-state index contributed by atoms with van der Waals surface area (Å²) in [4.78, 5) is 10.1. The maximum absolute atomic E-state index is 10.1. The molecule has 0 aromatic carbocycles. The summed E-state index contributed by atoms with van der Waals surface area (Å²) in [5.74, 6) is -1.54. The lowest BCUT2D eigenvalue weighted by molar-refractivity contribution is -0.143. The number of hydrogen-bond donors (Lipinski definition) is 2. The van der Waals surface area contributed by atoms with Crippen LogP contribution in [0.3, 0.4) is 0 Å². The molecule has 1 unspecified atom stereocenters. The molecule has 0 spiro atoms. The molecule has 0 fully saturated rings. The zero-order valence-corrected chi connectivity index (χ0v) is 6.47. The standard InChI is InChI=1S/C5H9BrO3/c6-2-1-4(3-7)5(8)9/h4,7H,1-3H2,(H,8,9). The van der Waals surface area contributed by atoms with E-state index in [2.05, 4.69) is 15.9 Å². The smallest absolute Gasteiger partial charge is 0.308 e. The number of carbonyl (C=O) groups is 1. The van der Waals surface area contributed by atoms with Gasteiger partial charge >= 0.3 is 5.97 Å². The van der Waals surface area contributed by atoms with Crippen LogP contribution in [0.15, 0.2) is 0 Å². The lowest BCUT2D eigenvalue weighted by Gasteiger charge is -2.04. The topological polar surface area (TPSA) is 57.5 Å². The van der Waals surface area contributed by atoms with Crippen LogP contribution in [0.25, 0.3) is 0 Å². The number of rotatable bonds is 4. The van der Waals surface area contributed by atoms with Crippen LogP contribution in [-0.2, 0) is 4.79 Å². The molecule has 3 nitrogen and oxygen atoms in total. The Balaban J connectivity index is 3.54. The zero-order valence-electron chi connectivity index (χ0n) is 4.88. The zero-order chi connectivity index (χ0) is 7.28. The fourth-order valence-electron chi connectivity index (χ4n) is 0.425. The second-order valence-electron chi connectivity index (χ2n) is 1.70. The Hall–Kier alpha value is -0.0900. The second-order valence-corrected chi connectivity index (χ2v) is 2.49. The number of aliphatic carboxylic acids is 1. The normalized spacial score (nSPS) is 13.1. The molecule has 0 amide bonds. The Morgan fingerprint density at radius 2 is 2.22 bits per heavy atom. The van der Waals surface area contributed by atoms with Gasteiger partial charge in [-0.2, -0.15) is 0 Å². The fourth-order valence-corrected chi connectivity index (χ4v) is 0.977. The van der Waals surface area contributed by atoms with Gasteiger partial charge in [0.15, 0.2) is 0 Å². The summed E-state index contributed by atoms with van der Waals surface area (Å²) in [6, 6.07) is 0. The maximum atomic E-state index is 10.1. The highest BCUT2D eigenvalue weighted by atomic mass is 79.9. The fraction of sp³-hybridized carbons (Fsp3) is 0.800. The van der Waals surface area contributed by atoms with Crippen LogP contribution < -0.4 is 0 Å². The minimum Gasteiger partial charge on any atom is -0.481 e. The number of carboxylic acids is 1. The number of carboxylic acid groups (broad SMARTS) is 1. The van der Waals surface area contributed by atoms with Crippen LogP contribution >= 0.6 is 15.9 Å². The second kappa shape index (κ2) is 4.76. The van der Waals surface area contributed by atoms with Gasteiger partial charge in [0.05, 0.1) is 12.5 Å². The Morgan fingerprint density at radius 3 is 2.33 bits per heavy atom. The molecule has 0 aromatic rings. The van der Waals surface area contributed by atoms with Crippen LogP contribution in [0.2, 0.25) is 0 Å². The summed E-state index contributed by atoms with van der Waals surface area (Å²) in [6.45, 7) is -0.277. The van der Waals surface area contributed by atoms with Crippen molar-refractivity contribution >= 4 is 21.9 Å². The maximum Gasteiger partial charge on any atom is 0.308 e. The highest BCUT2D eigenvalue weighted by molar-refractivity contribution is 9.09. The number of alkyl halides is 1. The van der Waals surface area contributed by atoms with E-state index in [9.17, 15) is 4.79 Å². The molecule has 0 heterocycles. The molecule has 0 saturated carbocycles. The molecule has 0 rings (SSSR count). The minimum absolute atomic E-state index is 0.277. The van der Waals surface area contributed by atoms with Gasteiger partial charge < -0.3 is 10.2 Å². The van der Waals surface area contributed by atoms with E-state index in [-0.39, 0.29) is 6.61 Å². The van der Waals surface area contributed by atoms with Gasteiger partial charge in [0, 0.05) is 5.33 Å². The van der Waals surface area contributed by atoms with Gasteiger partial charge in [0.2, 0.25) is 0 Å². The van der Waals surface area contributed by atoms with E-state index in [4.69, 9.17) is 10.2 Å². The predicted molar refractivity (Wildman–Crippen MR) is 36.6 cm³/mol. The molecule has 0 bridgehead atoms. The Labute approximate surface area is 61.8 Å². The molecule has 4 heteroatoms. The Kier molecular flexibility index (Phi) is 4.71. The van der Waals surface area contributed by atoms with Gasteiger partial charge in [-0.3, -0.25) is 4.79 Å². The molecule has 2 N–H and O–H groups in total. The van der Waals surface area contributed by atoms with Crippen molar-refractivity contribution in [1.29, 1.82) is 0 Å². The SMILES string of the molecule is O=C(O)C(CO)CCBr. The third-order valence-corrected chi connectivity index (χ3v) is 1.49.